The maximum absolute atomic E-state index is 10.8. The molecule has 0 unspecified atom stereocenters. The van der Waals surface area contributed by atoms with Crippen molar-refractivity contribution in [3.63, 3.8) is 0 Å². The number of allylic oxidation sites excluding steroid dienone is 2. The van der Waals surface area contributed by atoms with Crippen molar-refractivity contribution in [3.8, 4) is 0 Å². The fourth-order valence-electron chi connectivity index (χ4n) is 1.11. The van der Waals surface area contributed by atoms with E-state index >= 15 is 0 Å². The van der Waals surface area contributed by atoms with E-state index in [1.165, 1.54) is 26.0 Å². The first-order chi connectivity index (χ1) is 8.49. The van der Waals surface area contributed by atoms with Gasteiger partial charge in [-0.15, -0.1) is 0 Å². The van der Waals surface area contributed by atoms with E-state index in [-0.39, 0.29) is 37.6 Å². The van der Waals surface area contributed by atoms with Crippen LogP contribution in [-0.4, -0.2) is 35.4 Å². The highest BCUT2D eigenvalue weighted by molar-refractivity contribution is 5.68. The molecule has 6 heteroatoms. The number of hydrogen-bond donors (Lipinski definition) is 2. The van der Waals surface area contributed by atoms with Crippen molar-refractivity contribution < 1.29 is 29.3 Å². The molecule has 2 N–H and O–H groups in total. The number of esters is 2. The maximum Gasteiger partial charge on any atom is 0.307 e. The molecule has 0 heterocycles. The van der Waals surface area contributed by atoms with Crippen molar-refractivity contribution in [2.45, 2.75) is 26.7 Å². The topological polar surface area (TPSA) is 93.1 Å². The third-order valence-electron chi connectivity index (χ3n) is 1.72. The third-order valence-corrected chi connectivity index (χ3v) is 1.72. The Balaban J connectivity index is 4.80. The quantitative estimate of drug-likeness (QED) is 0.395. The van der Waals surface area contributed by atoms with Crippen molar-refractivity contribution in [2.75, 3.05) is 13.2 Å². The van der Waals surface area contributed by atoms with Crippen LogP contribution in [0.4, 0.5) is 0 Å². The van der Waals surface area contributed by atoms with Gasteiger partial charge in [-0.1, -0.05) is 0 Å². The Labute approximate surface area is 106 Å². The molecule has 102 valence electrons. The molecule has 0 rings (SSSR count). The highest BCUT2D eigenvalue weighted by atomic mass is 16.5. The minimum Gasteiger partial charge on any atom is -0.431 e. The normalized spacial score (nSPS) is 12.2. The molecule has 0 bridgehead atoms. The second-order valence-corrected chi connectivity index (χ2v) is 3.40. The van der Waals surface area contributed by atoms with Gasteiger partial charge in [0.1, 0.15) is 11.5 Å². The second kappa shape index (κ2) is 9.38. The SMILES string of the molecule is CC(=O)OC(=CC=C(CCO)OC(C)=O)CCO. The van der Waals surface area contributed by atoms with Crippen LogP contribution in [-0.2, 0) is 19.1 Å². The Bertz CT molecular complexity index is 308. The monoisotopic (exact) mass is 258 g/mol. The van der Waals surface area contributed by atoms with Crippen LogP contribution in [0.1, 0.15) is 26.7 Å². The minimum atomic E-state index is -0.501. The van der Waals surface area contributed by atoms with Gasteiger partial charge in [0, 0.05) is 26.7 Å². The Hall–Kier alpha value is -1.66. The van der Waals surface area contributed by atoms with Gasteiger partial charge in [0.25, 0.3) is 0 Å². The van der Waals surface area contributed by atoms with Crippen LogP contribution in [0.2, 0.25) is 0 Å². The Morgan fingerprint density at radius 3 is 1.44 bits per heavy atom. The second-order valence-electron chi connectivity index (χ2n) is 3.40. The first-order valence-electron chi connectivity index (χ1n) is 5.47. The van der Waals surface area contributed by atoms with Crippen LogP contribution in [0.5, 0.6) is 0 Å². The first-order valence-corrected chi connectivity index (χ1v) is 5.47. The molecule has 0 saturated carbocycles. The predicted molar refractivity (Wildman–Crippen MR) is 63.1 cm³/mol. The zero-order chi connectivity index (χ0) is 14.0. The molecule has 0 radical (unpaired) electrons. The van der Waals surface area contributed by atoms with Gasteiger partial charge >= 0.3 is 11.9 Å². The fraction of sp³-hybridized carbons (Fsp3) is 0.500. The zero-order valence-corrected chi connectivity index (χ0v) is 10.5. The van der Waals surface area contributed by atoms with Crippen molar-refractivity contribution in [1.29, 1.82) is 0 Å². The maximum atomic E-state index is 10.8. The standard InChI is InChI=1S/C12H18O6/c1-9(15)17-11(5-7-13)3-4-12(6-8-14)18-10(2)16/h3-4,13-14H,5-8H2,1-2H3. The number of carbonyl (C=O) groups is 2. The summed E-state index contributed by atoms with van der Waals surface area (Å²) in [5.74, 6) is -0.487. The minimum absolute atomic E-state index is 0.169. The molecule has 6 nitrogen and oxygen atoms in total. The van der Waals surface area contributed by atoms with E-state index in [1.54, 1.807) is 0 Å². The van der Waals surface area contributed by atoms with Gasteiger partial charge < -0.3 is 19.7 Å². The van der Waals surface area contributed by atoms with Crippen molar-refractivity contribution >= 4 is 11.9 Å². The number of aliphatic hydroxyl groups is 2. The van der Waals surface area contributed by atoms with Crippen molar-refractivity contribution in [1.82, 2.24) is 0 Å². The first kappa shape index (κ1) is 16.3. The number of rotatable bonds is 7. The van der Waals surface area contributed by atoms with Crippen LogP contribution in [0.15, 0.2) is 23.7 Å². The summed E-state index contributed by atoms with van der Waals surface area (Å²) in [5.41, 5.74) is 0. The van der Waals surface area contributed by atoms with Crippen LogP contribution in [0.25, 0.3) is 0 Å². The van der Waals surface area contributed by atoms with Gasteiger partial charge in [-0.3, -0.25) is 9.59 Å². The van der Waals surface area contributed by atoms with Gasteiger partial charge in [0.2, 0.25) is 0 Å². The van der Waals surface area contributed by atoms with E-state index < -0.39 is 11.9 Å². The largest absolute Gasteiger partial charge is 0.431 e. The van der Waals surface area contributed by atoms with E-state index in [9.17, 15) is 9.59 Å². The molecule has 0 aromatic rings. The molecule has 0 saturated heterocycles. The molecular weight excluding hydrogens is 240 g/mol. The summed E-state index contributed by atoms with van der Waals surface area (Å²) < 4.78 is 9.68. The molecule has 0 atom stereocenters. The lowest BCUT2D eigenvalue weighted by atomic mass is 10.3. The Kier molecular flexibility index (Phi) is 8.51. The van der Waals surface area contributed by atoms with Crippen LogP contribution < -0.4 is 0 Å². The molecule has 0 amide bonds. The molecule has 0 aliphatic rings. The lowest BCUT2D eigenvalue weighted by molar-refractivity contribution is -0.138. The average molecular weight is 258 g/mol. The van der Waals surface area contributed by atoms with E-state index in [0.717, 1.165) is 0 Å². The van der Waals surface area contributed by atoms with Gasteiger partial charge in [0.05, 0.1) is 13.2 Å². The van der Waals surface area contributed by atoms with Crippen molar-refractivity contribution in [2.24, 2.45) is 0 Å². The van der Waals surface area contributed by atoms with E-state index in [2.05, 4.69) is 0 Å². The number of carbonyl (C=O) groups excluding carboxylic acids is 2. The fourth-order valence-corrected chi connectivity index (χ4v) is 1.11. The summed E-state index contributed by atoms with van der Waals surface area (Å²) in [6.07, 6.45) is 3.18. The van der Waals surface area contributed by atoms with Gasteiger partial charge in [0.15, 0.2) is 0 Å². The summed E-state index contributed by atoms with van der Waals surface area (Å²) in [6.45, 7) is 2.15. The van der Waals surface area contributed by atoms with E-state index in [0.29, 0.717) is 0 Å². The predicted octanol–water partition coefficient (Wildman–Crippen LogP) is 0.645. The van der Waals surface area contributed by atoms with Gasteiger partial charge in [-0.2, -0.15) is 0 Å². The molecule has 0 fully saturated rings. The molecule has 0 aliphatic carbocycles. The summed E-state index contributed by atoms with van der Waals surface area (Å²) in [4.78, 5) is 21.6. The smallest absolute Gasteiger partial charge is 0.307 e. The van der Waals surface area contributed by atoms with Crippen LogP contribution in [0.3, 0.4) is 0 Å². The molecule has 18 heavy (non-hydrogen) atoms. The Morgan fingerprint density at radius 2 is 1.22 bits per heavy atom. The molecular formula is C12H18O6. The lowest BCUT2D eigenvalue weighted by Crippen LogP contribution is -2.02. The van der Waals surface area contributed by atoms with Crippen molar-refractivity contribution in [3.05, 3.63) is 23.7 Å². The zero-order valence-electron chi connectivity index (χ0n) is 10.5. The lowest BCUT2D eigenvalue weighted by Gasteiger charge is -2.06. The molecule has 0 aliphatic heterocycles. The highest BCUT2D eigenvalue weighted by Crippen LogP contribution is 2.08. The number of ether oxygens (including phenoxy) is 2. The molecule has 0 aromatic heterocycles. The average Bonchev–Trinajstić information content (AvgIpc) is 2.24. The summed E-state index contributed by atoms with van der Waals surface area (Å²) in [7, 11) is 0. The van der Waals surface area contributed by atoms with Crippen LogP contribution >= 0.6 is 0 Å². The van der Waals surface area contributed by atoms with E-state index in [1.807, 2.05) is 0 Å². The summed E-state index contributed by atoms with van der Waals surface area (Å²) in [6, 6.07) is 0. The molecule has 0 aromatic carbocycles. The van der Waals surface area contributed by atoms with Gasteiger partial charge in [-0.05, 0) is 12.2 Å². The highest BCUT2D eigenvalue weighted by Gasteiger charge is 2.03. The Morgan fingerprint density at radius 1 is 0.889 bits per heavy atom. The summed E-state index contributed by atoms with van der Waals surface area (Å²) in [5, 5.41) is 17.6. The number of hydrogen-bond acceptors (Lipinski definition) is 6. The number of aliphatic hydroxyl groups excluding tert-OH is 2. The van der Waals surface area contributed by atoms with Gasteiger partial charge in [-0.25, -0.2) is 0 Å². The summed E-state index contributed by atoms with van der Waals surface area (Å²) >= 11 is 0. The van der Waals surface area contributed by atoms with E-state index in [4.69, 9.17) is 19.7 Å². The third kappa shape index (κ3) is 8.49. The van der Waals surface area contributed by atoms with Crippen LogP contribution in [0, 0.1) is 0 Å². The molecule has 0 spiro atoms.